The molecular weight excluding hydrogens is 438 g/mol. The molecule has 3 aromatic rings. The van der Waals surface area contributed by atoms with Crippen LogP contribution in [0.15, 0.2) is 72.4 Å². The molecule has 4 rings (SSSR count). The van der Waals surface area contributed by atoms with Crippen molar-refractivity contribution in [3.8, 4) is 5.75 Å². The molecule has 5 nitrogen and oxygen atoms in total. The number of rotatable bonds is 6. The average Bonchev–Trinajstić information content (AvgIpc) is 3.01. The minimum absolute atomic E-state index is 0.00398. The number of amides is 2. The Bertz CT molecular complexity index is 1240. The Morgan fingerprint density at radius 1 is 0.938 bits per heavy atom. The van der Waals surface area contributed by atoms with Crippen LogP contribution in [-0.4, -0.2) is 18.4 Å². The lowest BCUT2D eigenvalue weighted by Crippen LogP contribution is -2.32. The molecule has 3 aromatic carbocycles. The second-order valence-corrected chi connectivity index (χ2v) is 7.32. The van der Waals surface area contributed by atoms with Gasteiger partial charge in [-0.05, 0) is 48.9 Å². The van der Waals surface area contributed by atoms with Crippen molar-refractivity contribution in [1.29, 1.82) is 0 Å². The van der Waals surface area contributed by atoms with Gasteiger partial charge in [-0.1, -0.05) is 29.8 Å². The van der Waals surface area contributed by atoms with Crippen molar-refractivity contribution >= 4 is 40.4 Å². The number of imide groups is 1. The zero-order chi connectivity index (χ0) is 22.8. The summed E-state index contributed by atoms with van der Waals surface area (Å²) in [5.41, 5.74) is 0.964. The van der Waals surface area contributed by atoms with Crippen molar-refractivity contribution in [2.45, 2.75) is 6.92 Å². The predicted octanol–water partition coefficient (Wildman–Crippen LogP) is 5.41. The Labute approximate surface area is 187 Å². The second kappa shape index (κ2) is 8.80. The van der Waals surface area contributed by atoms with E-state index in [0.29, 0.717) is 28.6 Å². The van der Waals surface area contributed by atoms with Crippen LogP contribution in [0.3, 0.4) is 0 Å². The second-order valence-electron chi connectivity index (χ2n) is 6.89. The Balaban J connectivity index is 1.80. The molecule has 0 atom stereocenters. The van der Waals surface area contributed by atoms with E-state index in [2.05, 4.69) is 5.32 Å². The topological polar surface area (TPSA) is 58.6 Å². The molecule has 162 valence electrons. The van der Waals surface area contributed by atoms with E-state index in [-0.39, 0.29) is 17.0 Å². The fourth-order valence-corrected chi connectivity index (χ4v) is 3.49. The fourth-order valence-electron chi connectivity index (χ4n) is 3.36. The number of nitrogens with one attached hydrogen (secondary N) is 1. The van der Waals surface area contributed by atoms with Crippen LogP contribution in [0.1, 0.15) is 12.5 Å². The first kappa shape index (κ1) is 21.5. The van der Waals surface area contributed by atoms with E-state index < -0.39 is 23.4 Å². The summed E-state index contributed by atoms with van der Waals surface area (Å²) in [7, 11) is 0. The summed E-state index contributed by atoms with van der Waals surface area (Å²) >= 11 is 5.97. The lowest BCUT2D eigenvalue weighted by molar-refractivity contribution is -0.120. The molecule has 0 aliphatic carbocycles. The zero-order valence-electron chi connectivity index (χ0n) is 16.9. The summed E-state index contributed by atoms with van der Waals surface area (Å²) < 4.78 is 32.7. The smallest absolute Gasteiger partial charge is 0.282 e. The summed E-state index contributed by atoms with van der Waals surface area (Å²) in [5, 5.41) is 3.46. The van der Waals surface area contributed by atoms with Gasteiger partial charge in [-0.15, -0.1) is 0 Å². The predicted molar refractivity (Wildman–Crippen MR) is 118 cm³/mol. The summed E-state index contributed by atoms with van der Waals surface area (Å²) in [6.07, 6.45) is 0. The van der Waals surface area contributed by atoms with Gasteiger partial charge in [-0.25, -0.2) is 13.7 Å². The molecular formula is C24H17ClF2N2O3. The van der Waals surface area contributed by atoms with E-state index in [0.717, 1.165) is 17.0 Å². The average molecular weight is 455 g/mol. The van der Waals surface area contributed by atoms with Gasteiger partial charge in [0.2, 0.25) is 0 Å². The van der Waals surface area contributed by atoms with Crippen LogP contribution >= 0.6 is 11.6 Å². The van der Waals surface area contributed by atoms with E-state index in [4.69, 9.17) is 16.3 Å². The van der Waals surface area contributed by atoms with E-state index in [1.54, 1.807) is 48.5 Å². The molecule has 0 aromatic heterocycles. The van der Waals surface area contributed by atoms with Crippen LogP contribution in [0.2, 0.25) is 5.02 Å². The Morgan fingerprint density at radius 2 is 1.69 bits per heavy atom. The van der Waals surface area contributed by atoms with Crippen molar-refractivity contribution in [3.63, 3.8) is 0 Å². The molecule has 2 amide bonds. The highest BCUT2D eigenvalue weighted by molar-refractivity contribution is 6.46. The molecule has 1 aliphatic heterocycles. The van der Waals surface area contributed by atoms with E-state index in [1.165, 1.54) is 6.07 Å². The fraction of sp³-hybridized carbons (Fsp3) is 0.0833. The van der Waals surface area contributed by atoms with Gasteiger partial charge >= 0.3 is 0 Å². The lowest BCUT2D eigenvalue weighted by atomic mass is 10.0. The number of hydrogen-bond acceptors (Lipinski definition) is 4. The number of carbonyl (C=O) groups excluding carboxylic acids is 2. The molecule has 0 spiro atoms. The minimum Gasteiger partial charge on any atom is -0.494 e. The molecule has 1 N–H and O–H groups in total. The van der Waals surface area contributed by atoms with E-state index >= 15 is 0 Å². The van der Waals surface area contributed by atoms with Gasteiger partial charge in [0, 0.05) is 22.8 Å². The molecule has 0 radical (unpaired) electrons. The summed E-state index contributed by atoms with van der Waals surface area (Å²) in [6, 6.07) is 16.2. The zero-order valence-corrected chi connectivity index (χ0v) is 17.6. The van der Waals surface area contributed by atoms with Crippen molar-refractivity contribution < 1.29 is 23.1 Å². The van der Waals surface area contributed by atoms with Crippen molar-refractivity contribution in [3.05, 3.63) is 94.6 Å². The van der Waals surface area contributed by atoms with Gasteiger partial charge in [-0.2, -0.15) is 0 Å². The maximum absolute atomic E-state index is 13.8. The number of anilines is 2. The van der Waals surface area contributed by atoms with Gasteiger partial charge in [0.15, 0.2) is 11.6 Å². The summed E-state index contributed by atoms with van der Waals surface area (Å²) in [4.78, 5) is 27.4. The third-order valence-electron chi connectivity index (χ3n) is 4.79. The van der Waals surface area contributed by atoms with Gasteiger partial charge in [-0.3, -0.25) is 9.59 Å². The van der Waals surface area contributed by atoms with Crippen LogP contribution in [0.25, 0.3) is 5.57 Å². The molecule has 0 fully saturated rings. The largest absolute Gasteiger partial charge is 0.494 e. The first-order chi connectivity index (χ1) is 15.4. The van der Waals surface area contributed by atoms with Gasteiger partial charge in [0.25, 0.3) is 11.8 Å². The number of carbonyl (C=O) groups is 2. The summed E-state index contributed by atoms with van der Waals surface area (Å²) in [5.74, 6) is -3.04. The van der Waals surface area contributed by atoms with Crippen LogP contribution in [0, 0.1) is 11.6 Å². The summed E-state index contributed by atoms with van der Waals surface area (Å²) in [6.45, 7) is 2.31. The first-order valence-electron chi connectivity index (χ1n) is 9.73. The van der Waals surface area contributed by atoms with Crippen LogP contribution < -0.4 is 15.0 Å². The van der Waals surface area contributed by atoms with Crippen molar-refractivity contribution in [2.75, 3.05) is 16.8 Å². The maximum atomic E-state index is 13.8. The number of ether oxygens (including phenoxy) is 1. The monoisotopic (exact) mass is 454 g/mol. The number of halogens is 3. The third kappa shape index (κ3) is 4.07. The Kier molecular flexibility index (Phi) is 5.92. The quantitative estimate of drug-likeness (QED) is 0.506. The maximum Gasteiger partial charge on any atom is 0.282 e. The van der Waals surface area contributed by atoms with Crippen molar-refractivity contribution in [1.82, 2.24) is 0 Å². The Morgan fingerprint density at radius 3 is 2.38 bits per heavy atom. The highest BCUT2D eigenvalue weighted by Gasteiger charge is 2.40. The highest BCUT2D eigenvalue weighted by atomic mass is 35.5. The van der Waals surface area contributed by atoms with Crippen molar-refractivity contribution in [2.24, 2.45) is 0 Å². The molecule has 8 heteroatoms. The molecule has 0 bridgehead atoms. The van der Waals surface area contributed by atoms with E-state index in [9.17, 15) is 18.4 Å². The molecule has 0 unspecified atom stereocenters. The van der Waals surface area contributed by atoms with Gasteiger partial charge in [0.05, 0.1) is 17.9 Å². The van der Waals surface area contributed by atoms with Crippen LogP contribution in [-0.2, 0) is 9.59 Å². The van der Waals surface area contributed by atoms with E-state index in [1.807, 2.05) is 6.92 Å². The molecule has 1 aliphatic rings. The first-order valence-corrected chi connectivity index (χ1v) is 10.1. The van der Waals surface area contributed by atoms with Gasteiger partial charge < -0.3 is 10.1 Å². The molecule has 0 saturated heterocycles. The standard InChI is InChI=1S/C24H17ClF2N2O3/c1-2-32-18-5-3-4-16(12-18)28-22-21(14-6-8-15(25)9-7-14)23(30)29(24(22)31)17-10-11-19(26)20(27)13-17/h3-13,28H,2H2,1H3. The van der Waals surface area contributed by atoms with Crippen LogP contribution in [0.5, 0.6) is 5.75 Å². The third-order valence-corrected chi connectivity index (χ3v) is 5.04. The van der Waals surface area contributed by atoms with Gasteiger partial charge in [0.1, 0.15) is 11.4 Å². The lowest BCUT2D eigenvalue weighted by Gasteiger charge is -2.15. The number of nitrogens with zero attached hydrogens (tertiary/aromatic N) is 1. The van der Waals surface area contributed by atoms with Crippen LogP contribution in [0.4, 0.5) is 20.2 Å². The Hall–Kier alpha value is -3.71. The number of benzene rings is 3. The number of hydrogen-bond donors (Lipinski definition) is 1. The highest BCUT2D eigenvalue weighted by Crippen LogP contribution is 2.35. The normalized spacial score (nSPS) is 13.7. The SMILES string of the molecule is CCOc1cccc(NC2=C(c3ccc(Cl)cc3)C(=O)N(c3ccc(F)c(F)c3)C2=O)c1. The minimum atomic E-state index is -1.16. The molecule has 0 saturated carbocycles. The molecule has 32 heavy (non-hydrogen) atoms. The molecule has 1 heterocycles.